The molecule has 0 fully saturated rings. The first-order chi connectivity index (χ1) is 8.95. The maximum Gasteiger partial charge on any atom is 0.433 e. The van der Waals surface area contributed by atoms with E-state index >= 15 is 0 Å². The molecule has 9 heteroatoms. The van der Waals surface area contributed by atoms with E-state index in [1.165, 1.54) is 17.9 Å². The number of alkyl halides is 3. The number of ether oxygens (including phenoxy) is 1. The number of aromatic nitrogens is 3. The minimum atomic E-state index is -4.46. The van der Waals surface area contributed by atoms with Gasteiger partial charge in [0, 0.05) is 18.3 Å². The van der Waals surface area contributed by atoms with E-state index in [1.54, 1.807) is 6.20 Å². The molecule has 20 heavy (non-hydrogen) atoms. The number of rotatable bonds is 3. The van der Waals surface area contributed by atoms with Gasteiger partial charge in [0.15, 0.2) is 0 Å². The van der Waals surface area contributed by atoms with Gasteiger partial charge in [0.05, 0.1) is 19.0 Å². The molecule has 0 bridgehead atoms. The summed E-state index contributed by atoms with van der Waals surface area (Å²) in [6.07, 6.45) is -1.78. The minimum absolute atomic E-state index is 0. The van der Waals surface area contributed by atoms with E-state index in [-0.39, 0.29) is 19.0 Å². The molecule has 0 amide bonds. The molecule has 0 aromatic carbocycles. The highest BCUT2D eigenvalue weighted by atomic mass is 35.5. The van der Waals surface area contributed by atoms with Gasteiger partial charge in [-0.05, 0) is 12.1 Å². The normalized spacial score (nSPS) is 11.1. The third kappa shape index (κ3) is 3.20. The summed E-state index contributed by atoms with van der Waals surface area (Å²) >= 11 is 0. The Morgan fingerprint density at radius 3 is 2.45 bits per heavy atom. The first kappa shape index (κ1) is 16.3. The highest BCUT2D eigenvalue weighted by Gasteiger charge is 2.32. The zero-order valence-corrected chi connectivity index (χ0v) is 11.2. The molecule has 2 aromatic rings. The van der Waals surface area contributed by atoms with E-state index in [0.29, 0.717) is 17.1 Å². The van der Waals surface area contributed by atoms with E-state index in [0.717, 1.165) is 12.3 Å². The Balaban J connectivity index is 0.00000200. The third-order valence-electron chi connectivity index (χ3n) is 2.47. The molecule has 0 spiro atoms. The molecular weight excluding hydrogens is 297 g/mol. The summed E-state index contributed by atoms with van der Waals surface area (Å²) in [5.74, 6) is 0.336. The molecule has 0 radical (unpaired) electrons. The van der Waals surface area contributed by atoms with Crippen molar-refractivity contribution in [2.75, 3.05) is 7.11 Å². The molecule has 0 aliphatic heterocycles. The van der Waals surface area contributed by atoms with Gasteiger partial charge in [-0.2, -0.15) is 13.2 Å². The highest BCUT2D eigenvalue weighted by Crippen LogP contribution is 2.27. The number of nitrogens with two attached hydrogens (primary N) is 1. The van der Waals surface area contributed by atoms with Crippen molar-refractivity contribution in [3.8, 4) is 11.6 Å². The molecule has 110 valence electrons. The molecule has 2 aromatic heterocycles. The number of hydrogen-bond donors (Lipinski definition) is 1. The first-order valence-electron chi connectivity index (χ1n) is 5.32. The van der Waals surface area contributed by atoms with Gasteiger partial charge in [-0.25, -0.2) is 9.67 Å². The Hall–Kier alpha value is -1.80. The Morgan fingerprint density at radius 1 is 1.35 bits per heavy atom. The monoisotopic (exact) mass is 308 g/mol. The fourth-order valence-corrected chi connectivity index (χ4v) is 1.53. The average molecular weight is 309 g/mol. The second kappa shape index (κ2) is 6.10. The molecule has 0 saturated carbocycles. The zero-order chi connectivity index (χ0) is 14.0. The molecule has 0 aliphatic carbocycles. The molecule has 0 unspecified atom stereocenters. The summed E-state index contributed by atoms with van der Waals surface area (Å²) in [5, 5.41) is 4.05. The van der Waals surface area contributed by atoms with Crippen molar-refractivity contribution < 1.29 is 17.9 Å². The number of halogens is 4. The Morgan fingerprint density at radius 2 is 2.05 bits per heavy atom. The van der Waals surface area contributed by atoms with Gasteiger partial charge in [0.1, 0.15) is 5.69 Å². The van der Waals surface area contributed by atoms with Crippen LogP contribution in [0.2, 0.25) is 0 Å². The van der Waals surface area contributed by atoms with Gasteiger partial charge in [0.25, 0.3) is 0 Å². The molecular formula is C11H12ClF3N4O. The highest BCUT2D eigenvalue weighted by molar-refractivity contribution is 5.85. The van der Waals surface area contributed by atoms with Crippen molar-refractivity contribution in [1.29, 1.82) is 0 Å². The van der Waals surface area contributed by atoms with Gasteiger partial charge in [0.2, 0.25) is 5.88 Å². The van der Waals surface area contributed by atoms with Gasteiger partial charge >= 0.3 is 6.18 Å². The molecule has 2 N–H and O–H groups in total. The Labute approximate surface area is 119 Å². The summed E-state index contributed by atoms with van der Waals surface area (Å²) in [4.78, 5) is 3.36. The lowest BCUT2D eigenvalue weighted by molar-refractivity contribution is -0.141. The predicted octanol–water partition coefficient (Wildman–Crippen LogP) is 2.18. The number of pyridine rings is 1. The van der Waals surface area contributed by atoms with Crippen LogP contribution in [-0.4, -0.2) is 21.9 Å². The number of hydrogen-bond acceptors (Lipinski definition) is 4. The van der Waals surface area contributed by atoms with Crippen LogP contribution < -0.4 is 10.5 Å². The summed E-state index contributed by atoms with van der Waals surface area (Å²) in [6, 6.07) is 2.17. The maximum atomic E-state index is 12.4. The van der Waals surface area contributed by atoms with Gasteiger partial charge in [-0.15, -0.1) is 17.5 Å². The van der Waals surface area contributed by atoms with E-state index in [4.69, 9.17) is 10.5 Å². The van der Waals surface area contributed by atoms with Crippen LogP contribution in [0.25, 0.3) is 5.69 Å². The van der Waals surface area contributed by atoms with E-state index < -0.39 is 11.9 Å². The second-order valence-corrected chi connectivity index (χ2v) is 3.71. The molecule has 0 aliphatic rings. The fraction of sp³-hybridized carbons (Fsp3) is 0.273. The summed E-state index contributed by atoms with van der Waals surface area (Å²) in [7, 11) is 1.44. The van der Waals surface area contributed by atoms with Crippen LogP contribution in [0.3, 0.4) is 0 Å². The molecule has 5 nitrogen and oxygen atoms in total. The van der Waals surface area contributed by atoms with Crippen LogP contribution >= 0.6 is 12.4 Å². The Kier molecular flexibility index (Phi) is 4.96. The largest absolute Gasteiger partial charge is 0.480 e. The van der Waals surface area contributed by atoms with Crippen LogP contribution in [-0.2, 0) is 12.7 Å². The predicted molar refractivity (Wildman–Crippen MR) is 68.1 cm³/mol. The standard InChI is InChI=1S/C11H11F3N4O.ClH/c1-19-10-7(4-15)6-18(17-10)8-2-3-9(16-5-8)11(12,13)14;/h2-3,5-6H,4,15H2,1H3;1H. The Bertz CT molecular complexity index is 547. The quantitative estimate of drug-likeness (QED) is 0.944. The van der Waals surface area contributed by atoms with Crippen molar-refractivity contribution in [2.45, 2.75) is 12.7 Å². The smallest absolute Gasteiger partial charge is 0.433 e. The van der Waals surface area contributed by atoms with Gasteiger partial charge < -0.3 is 10.5 Å². The topological polar surface area (TPSA) is 66.0 Å². The van der Waals surface area contributed by atoms with Crippen LogP contribution in [0.5, 0.6) is 5.88 Å². The summed E-state index contributed by atoms with van der Waals surface area (Å²) < 4.78 is 43.5. The first-order valence-corrected chi connectivity index (χ1v) is 5.32. The average Bonchev–Trinajstić information content (AvgIpc) is 2.81. The van der Waals surface area contributed by atoms with Gasteiger partial charge in [-0.3, -0.25) is 0 Å². The van der Waals surface area contributed by atoms with Gasteiger partial charge in [-0.1, -0.05) is 0 Å². The van der Waals surface area contributed by atoms with E-state index in [2.05, 4.69) is 10.1 Å². The number of nitrogens with zero attached hydrogens (tertiary/aromatic N) is 3. The van der Waals surface area contributed by atoms with E-state index in [1.807, 2.05) is 0 Å². The minimum Gasteiger partial charge on any atom is -0.480 e. The van der Waals surface area contributed by atoms with Crippen molar-refractivity contribution in [3.63, 3.8) is 0 Å². The van der Waals surface area contributed by atoms with Crippen LogP contribution in [0.4, 0.5) is 13.2 Å². The SMILES string of the molecule is COc1nn(-c2ccc(C(F)(F)F)nc2)cc1CN.Cl. The molecule has 0 atom stereocenters. The maximum absolute atomic E-state index is 12.4. The van der Waals surface area contributed by atoms with Crippen molar-refractivity contribution >= 4 is 12.4 Å². The van der Waals surface area contributed by atoms with Crippen LogP contribution in [0.15, 0.2) is 24.5 Å². The number of methoxy groups -OCH3 is 1. The van der Waals surface area contributed by atoms with E-state index in [9.17, 15) is 13.2 Å². The second-order valence-electron chi connectivity index (χ2n) is 3.71. The van der Waals surface area contributed by atoms with Crippen LogP contribution in [0, 0.1) is 0 Å². The van der Waals surface area contributed by atoms with Crippen molar-refractivity contribution in [1.82, 2.24) is 14.8 Å². The van der Waals surface area contributed by atoms with Crippen LogP contribution in [0.1, 0.15) is 11.3 Å². The lowest BCUT2D eigenvalue weighted by Crippen LogP contribution is -2.08. The van der Waals surface area contributed by atoms with Crippen molar-refractivity contribution in [2.24, 2.45) is 5.73 Å². The zero-order valence-electron chi connectivity index (χ0n) is 10.4. The molecule has 2 rings (SSSR count). The van der Waals surface area contributed by atoms with Crippen molar-refractivity contribution in [3.05, 3.63) is 35.8 Å². The molecule has 0 saturated heterocycles. The summed E-state index contributed by atoms with van der Waals surface area (Å²) in [6.45, 7) is 0.219. The molecule has 2 heterocycles. The third-order valence-corrected chi connectivity index (χ3v) is 2.47. The lowest BCUT2D eigenvalue weighted by atomic mass is 10.3. The lowest BCUT2D eigenvalue weighted by Gasteiger charge is -2.06. The fourth-order valence-electron chi connectivity index (χ4n) is 1.53. The summed E-state index contributed by atoms with van der Waals surface area (Å²) in [5.41, 5.74) is 5.60.